The fourth-order valence-corrected chi connectivity index (χ4v) is 7.29. The first-order valence-corrected chi connectivity index (χ1v) is 17.9. The second kappa shape index (κ2) is 14.6. The molecule has 2 saturated carbocycles. The van der Waals surface area contributed by atoms with Crippen molar-refractivity contribution >= 4 is 28.4 Å². The van der Waals surface area contributed by atoms with E-state index in [1.807, 2.05) is 31.2 Å². The van der Waals surface area contributed by atoms with Crippen molar-refractivity contribution in [3.8, 4) is 23.0 Å². The Labute approximate surface area is 302 Å². The van der Waals surface area contributed by atoms with E-state index in [9.17, 15) is 14.4 Å². The Morgan fingerprint density at radius 3 is 2.31 bits per heavy atom. The first-order valence-electron chi connectivity index (χ1n) is 17.9. The van der Waals surface area contributed by atoms with Gasteiger partial charge >= 0.3 is 5.97 Å². The molecule has 2 heterocycles. The van der Waals surface area contributed by atoms with Crippen LogP contribution in [-0.2, 0) is 32.0 Å². The average molecular weight is 710 g/mol. The second-order valence-corrected chi connectivity index (χ2v) is 14.4. The summed E-state index contributed by atoms with van der Waals surface area (Å²) in [5.74, 6) is 0.158. The third-order valence-corrected chi connectivity index (χ3v) is 10.7. The zero-order chi connectivity index (χ0) is 36.5. The molecule has 0 amide bonds. The van der Waals surface area contributed by atoms with Crippen LogP contribution in [0, 0.1) is 23.6 Å². The summed E-state index contributed by atoms with van der Waals surface area (Å²) in [7, 11) is 1.55. The summed E-state index contributed by atoms with van der Waals surface area (Å²) in [4.78, 5) is 45.0. The summed E-state index contributed by atoms with van der Waals surface area (Å²) in [6.45, 7) is 4.73. The van der Waals surface area contributed by atoms with Gasteiger partial charge in [-0.25, -0.2) is 4.39 Å². The van der Waals surface area contributed by atoms with E-state index in [1.54, 1.807) is 37.6 Å². The van der Waals surface area contributed by atoms with Crippen molar-refractivity contribution < 1.29 is 37.7 Å². The van der Waals surface area contributed by atoms with Crippen molar-refractivity contribution in [2.45, 2.75) is 58.0 Å². The van der Waals surface area contributed by atoms with Gasteiger partial charge < -0.3 is 24.7 Å². The normalized spacial score (nSPS) is 18.3. The predicted molar refractivity (Wildman–Crippen MR) is 192 cm³/mol. The zero-order valence-electron chi connectivity index (χ0n) is 29.6. The highest BCUT2D eigenvalue weighted by Gasteiger charge is 2.57. The number of rotatable bonds is 16. The minimum Gasteiger partial charge on any atom is -0.493 e. The monoisotopic (exact) mass is 709 g/mol. The van der Waals surface area contributed by atoms with Gasteiger partial charge in [-0.2, -0.15) is 0 Å². The van der Waals surface area contributed by atoms with E-state index in [1.165, 1.54) is 12.1 Å². The van der Waals surface area contributed by atoms with E-state index < -0.39 is 11.2 Å². The van der Waals surface area contributed by atoms with Crippen molar-refractivity contribution in [3.63, 3.8) is 0 Å². The van der Waals surface area contributed by atoms with Crippen LogP contribution in [0.1, 0.15) is 48.8 Å². The standard InChI is InChI=1S/C41H44FN3O7/c1-26-4-6-27(7-5-26)19-36(46)41(13-14-41)37(47)20-28-8-9-33(30(42)18-28)51-32-10-15-44-31-22-35(34(49-2)21-29(31)32)50-17-3-16-45-24-38(52-39(48)23-43)40(25-45)11-12-40/h4-10,15,18,21-22,38H,3,11-14,16-17,19-20,23-25,43H2,1-2H3. The van der Waals surface area contributed by atoms with Crippen molar-refractivity contribution in [1.29, 1.82) is 0 Å². The molecule has 1 aliphatic heterocycles. The van der Waals surface area contributed by atoms with Gasteiger partial charge in [-0.15, -0.1) is 0 Å². The summed E-state index contributed by atoms with van der Waals surface area (Å²) in [5, 5.41) is 0.609. The number of ketones is 2. The Bertz CT molecular complexity index is 1990. The molecule has 1 atom stereocenters. The number of nitrogens with zero attached hydrogens (tertiary/aromatic N) is 2. The molecule has 2 aliphatic carbocycles. The SMILES string of the molecule is COc1cc2c(Oc3ccc(CC(=O)C4(C(=O)Cc5ccc(C)cc5)CC4)cc3F)ccnc2cc1OCCCN1CC(OC(=O)CN)C2(CC2)C1. The number of hydrogen-bond acceptors (Lipinski definition) is 10. The van der Waals surface area contributed by atoms with E-state index in [0.717, 1.165) is 43.5 Å². The Hall–Kier alpha value is -4.87. The number of carbonyl (C=O) groups is 3. The maximum absolute atomic E-state index is 15.4. The van der Waals surface area contributed by atoms with Crippen LogP contribution in [0.4, 0.5) is 4.39 Å². The number of Topliss-reactive ketones (excluding diaryl/α,β-unsaturated/α-hetero) is 2. The topological polar surface area (TPSA) is 130 Å². The molecule has 11 heteroatoms. The van der Waals surface area contributed by atoms with Gasteiger partial charge in [-0.1, -0.05) is 35.9 Å². The zero-order valence-corrected chi connectivity index (χ0v) is 29.6. The van der Waals surface area contributed by atoms with Gasteiger partial charge in [0.05, 0.1) is 31.2 Å². The van der Waals surface area contributed by atoms with Gasteiger partial charge in [-0.05, 0) is 74.4 Å². The van der Waals surface area contributed by atoms with Gasteiger partial charge in [0.2, 0.25) is 0 Å². The van der Waals surface area contributed by atoms with Crippen molar-refractivity contribution in [2.24, 2.45) is 16.6 Å². The highest BCUT2D eigenvalue weighted by atomic mass is 19.1. The van der Waals surface area contributed by atoms with E-state index in [2.05, 4.69) is 9.88 Å². The highest BCUT2D eigenvalue weighted by molar-refractivity contribution is 6.11. The van der Waals surface area contributed by atoms with Crippen LogP contribution in [0.2, 0.25) is 0 Å². The summed E-state index contributed by atoms with van der Waals surface area (Å²) >= 11 is 0. The number of halogens is 1. The van der Waals surface area contributed by atoms with Gasteiger partial charge in [-0.3, -0.25) is 24.3 Å². The maximum Gasteiger partial charge on any atom is 0.320 e. The van der Waals surface area contributed by atoms with Crippen LogP contribution >= 0.6 is 0 Å². The molecule has 1 saturated heterocycles. The largest absolute Gasteiger partial charge is 0.493 e. The molecule has 52 heavy (non-hydrogen) atoms. The number of nitrogens with two attached hydrogens (primary N) is 1. The molecule has 3 aliphatic rings. The van der Waals surface area contributed by atoms with Crippen molar-refractivity contribution in [3.05, 3.63) is 89.4 Å². The summed E-state index contributed by atoms with van der Waals surface area (Å²) < 4.78 is 38.8. The molecule has 7 rings (SSSR count). The number of pyridine rings is 1. The van der Waals surface area contributed by atoms with Gasteiger partial charge in [0.25, 0.3) is 0 Å². The molecular weight excluding hydrogens is 665 g/mol. The molecule has 4 aromatic rings. The smallest absolute Gasteiger partial charge is 0.320 e. The van der Waals surface area contributed by atoms with Crippen LogP contribution in [0.15, 0.2) is 66.9 Å². The molecule has 10 nitrogen and oxygen atoms in total. The number of esters is 1. The van der Waals surface area contributed by atoms with Crippen LogP contribution < -0.4 is 19.9 Å². The van der Waals surface area contributed by atoms with Gasteiger partial charge in [0.15, 0.2) is 34.6 Å². The van der Waals surface area contributed by atoms with Gasteiger partial charge in [0, 0.05) is 55.5 Å². The van der Waals surface area contributed by atoms with Crippen LogP contribution in [0.3, 0.4) is 0 Å². The number of methoxy groups -OCH3 is 1. The van der Waals surface area contributed by atoms with E-state index >= 15 is 4.39 Å². The summed E-state index contributed by atoms with van der Waals surface area (Å²) in [5.41, 5.74) is 7.61. The fraction of sp³-hybridized carbons (Fsp3) is 0.415. The first kappa shape index (κ1) is 35.5. The summed E-state index contributed by atoms with van der Waals surface area (Å²) in [6, 6.07) is 17.4. The maximum atomic E-state index is 15.4. The predicted octanol–water partition coefficient (Wildman–Crippen LogP) is 5.92. The number of hydrogen-bond donors (Lipinski definition) is 1. The number of likely N-dealkylation sites (tertiary alicyclic amines) is 1. The highest BCUT2D eigenvalue weighted by Crippen LogP contribution is 2.54. The molecule has 1 spiro atoms. The molecule has 1 aromatic heterocycles. The number of ether oxygens (including phenoxy) is 4. The van der Waals surface area contributed by atoms with Crippen molar-refractivity contribution in [2.75, 3.05) is 39.9 Å². The van der Waals surface area contributed by atoms with Crippen LogP contribution in [-0.4, -0.2) is 73.4 Å². The minimum absolute atomic E-state index is 0.00509. The van der Waals surface area contributed by atoms with Crippen LogP contribution in [0.25, 0.3) is 10.9 Å². The molecule has 3 aromatic carbocycles. The third-order valence-electron chi connectivity index (χ3n) is 10.7. The number of benzene rings is 3. The lowest BCUT2D eigenvalue weighted by atomic mass is 9.87. The summed E-state index contributed by atoms with van der Waals surface area (Å²) in [6.07, 6.45) is 5.60. The molecule has 1 unspecified atom stereocenters. The Morgan fingerprint density at radius 1 is 0.904 bits per heavy atom. The minimum atomic E-state index is -0.979. The van der Waals surface area contributed by atoms with E-state index in [-0.39, 0.29) is 54.2 Å². The number of carbonyl (C=O) groups excluding carboxylic acids is 3. The van der Waals surface area contributed by atoms with Gasteiger partial charge in [0.1, 0.15) is 11.9 Å². The van der Waals surface area contributed by atoms with E-state index in [0.29, 0.717) is 59.7 Å². The average Bonchev–Trinajstić information content (AvgIpc) is 4.07. The lowest BCUT2D eigenvalue weighted by molar-refractivity contribution is -0.149. The first-order chi connectivity index (χ1) is 25.1. The molecule has 3 fully saturated rings. The lowest BCUT2D eigenvalue weighted by Gasteiger charge is -2.17. The molecule has 272 valence electrons. The van der Waals surface area contributed by atoms with E-state index in [4.69, 9.17) is 24.7 Å². The quantitative estimate of drug-likeness (QED) is 0.0850. The van der Waals surface area contributed by atoms with Crippen LogP contribution in [0.5, 0.6) is 23.0 Å². The number of aromatic nitrogens is 1. The molecule has 0 bridgehead atoms. The molecular formula is C41H44FN3O7. The number of fused-ring (bicyclic) bond motifs is 1. The Balaban J connectivity index is 0.961. The second-order valence-electron chi connectivity index (χ2n) is 14.4. The van der Waals surface area contributed by atoms with Crippen molar-refractivity contribution in [1.82, 2.24) is 9.88 Å². The fourth-order valence-electron chi connectivity index (χ4n) is 7.29. The Kier molecular flexibility index (Phi) is 10.00. The molecule has 2 N–H and O–H groups in total. The lowest BCUT2D eigenvalue weighted by Crippen LogP contribution is -2.31. The third kappa shape index (κ3) is 7.52. The Morgan fingerprint density at radius 2 is 1.63 bits per heavy atom. The number of aryl methyl sites for hydroxylation is 1. The molecule has 0 radical (unpaired) electrons.